The van der Waals surface area contributed by atoms with Gasteiger partial charge in [-0.1, -0.05) is 62.4 Å². The average molecular weight is 517 g/mol. The summed E-state index contributed by atoms with van der Waals surface area (Å²) < 4.78 is 16.3. The molecule has 3 aromatic rings. The molecule has 1 aliphatic heterocycles. The second-order valence-electron chi connectivity index (χ2n) is 9.91. The molecule has 4 rings (SSSR count). The number of methoxy groups -OCH3 is 1. The normalized spacial score (nSPS) is 12.7. The molecule has 7 heteroatoms. The smallest absolute Gasteiger partial charge is 0.243 e. The quantitative estimate of drug-likeness (QED) is 0.375. The van der Waals surface area contributed by atoms with Crippen LogP contribution in [0.3, 0.4) is 0 Å². The Labute approximate surface area is 224 Å². The van der Waals surface area contributed by atoms with Crippen LogP contribution in [0.2, 0.25) is 0 Å². The second-order valence-corrected chi connectivity index (χ2v) is 9.91. The Morgan fingerprint density at radius 3 is 2.45 bits per heavy atom. The molecule has 0 radical (unpaired) electrons. The summed E-state index contributed by atoms with van der Waals surface area (Å²) >= 11 is 0. The van der Waals surface area contributed by atoms with E-state index >= 15 is 0 Å². The highest BCUT2D eigenvalue weighted by molar-refractivity contribution is 5.88. The molecule has 0 saturated heterocycles. The SMILES string of the molecule is COc1cccc(CN(C(=O)CCc2ccc3c(c2)OCO3)C(Cc2ccccc2)C(=O)NCC(C)C)c1. The molecular formula is C31H36N2O5. The van der Waals surface area contributed by atoms with Gasteiger partial charge < -0.3 is 24.4 Å². The van der Waals surface area contributed by atoms with Crippen molar-refractivity contribution in [2.24, 2.45) is 5.92 Å². The van der Waals surface area contributed by atoms with Crippen molar-refractivity contribution in [1.82, 2.24) is 10.2 Å². The van der Waals surface area contributed by atoms with Crippen LogP contribution in [0.5, 0.6) is 17.2 Å². The van der Waals surface area contributed by atoms with Crippen LogP contribution >= 0.6 is 0 Å². The van der Waals surface area contributed by atoms with Crippen molar-refractivity contribution in [2.75, 3.05) is 20.4 Å². The fraction of sp³-hybridized carbons (Fsp3) is 0.355. The summed E-state index contributed by atoms with van der Waals surface area (Å²) in [5.74, 6) is 2.17. The second kappa shape index (κ2) is 13.0. The number of nitrogens with zero attached hydrogens (tertiary/aromatic N) is 1. The average Bonchev–Trinajstić information content (AvgIpc) is 3.41. The minimum absolute atomic E-state index is 0.0916. The van der Waals surface area contributed by atoms with E-state index in [-0.39, 0.29) is 25.0 Å². The van der Waals surface area contributed by atoms with Crippen molar-refractivity contribution >= 4 is 11.8 Å². The molecule has 1 unspecified atom stereocenters. The number of rotatable bonds is 12. The summed E-state index contributed by atoms with van der Waals surface area (Å²) in [6.07, 6.45) is 1.20. The Morgan fingerprint density at radius 2 is 1.68 bits per heavy atom. The van der Waals surface area contributed by atoms with E-state index in [1.165, 1.54) is 0 Å². The molecule has 3 aromatic carbocycles. The fourth-order valence-electron chi connectivity index (χ4n) is 4.44. The van der Waals surface area contributed by atoms with Crippen molar-refractivity contribution in [1.29, 1.82) is 0 Å². The first-order valence-electron chi connectivity index (χ1n) is 13.1. The number of aryl methyl sites for hydroxylation is 1. The van der Waals surface area contributed by atoms with Gasteiger partial charge in [-0.15, -0.1) is 0 Å². The highest BCUT2D eigenvalue weighted by Crippen LogP contribution is 2.33. The molecule has 1 N–H and O–H groups in total. The maximum atomic E-state index is 13.8. The lowest BCUT2D eigenvalue weighted by atomic mass is 10.0. The molecule has 38 heavy (non-hydrogen) atoms. The monoisotopic (exact) mass is 516 g/mol. The van der Waals surface area contributed by atoms with Gasteiger partial charge >= 0.3 is 0 Å². The molecule has 0 aromatic heterocycles. The standard InChI is InChI=1S/C31H36N2O5/c1-22(2)19-32-31(35)27(17-23-8-5-4-6-9-23)33(20-25-10-7-11-26(16-25)36-3)30(34)15-13-24-12-14-28-29(18-24)38-21-37-28/h4-12,14,16,18,22,27H,13,15,17,19-21H2,1-3H3,(H,32,35). The van der Waals surface area contributed by atoms with Gasteiger partial charge in [0.2, 0.25) is 18.6 Å². The number of fused-ring (bicyclic) bond motifs is 1. The van der Waals surface area contributed by atoms with E-state index in [1.807, 2.05) is 72.8 Å². The van der Waals surface area contributed by atoms with Gasteiger partial charge in [-0.05, 0) is 53.3 Å². The minimum Gasteiger partial charge on any atom is -0.497 e. The van der Waals surface area contributed by atoms with E-state index < -0.39 is 6.04 Å². The van der Waals surface area contributed by atoms with Crippen molar-refractivity contribution < 1.29 is 23.8 Å². The van der Waals surface area contributed by atoms with E-state index in [0.29, 0.717) is 49.1 Å². The Morgan fingerprint density at radius 1 is 0.921 bits per heavy atom. The first-order valence-corrected chi connectivity index (χ1v) is 13.1. The Kier molecular flexibility index (Phi) is 9.25. The number of nitrogens with one attached hydrogen (secondary N) is 1. The maximum absolute atomic E-state index is 13.8. The predicted molar refractivity (Wildman–Crippen MR) is 146 cm³/mol. The van der Waals surface area contributed by atoms with Gasteiger partial charge in [-0.3, -0.25) is 9.59 Å². The molecule has 0 fully saturated rings. The van der Waals surface area contributed by atoms with Crippen LogP contribution in [0, 0.1) is 5.92 Å². The van der Waals surface area contributed by atoms with Crippen molar-refractivity contribution in [3.05, 3.63) is 89.5 Å². The van der Waals surface area contributed by atoms with Gasteiger partial charge in [0.05, 0.1) is 7.11 Å². The van der Waals surface area contributed by atoms with Gasteiger partial charge in [0.1, 0.15) is 11.8 Å². The number of benzene rings is 3. The van der Waals surface area contributed by atoms with Crippen LogP contribution in [0.25, 0.3) is 0 Å². The van der Waals surface area contributed by atoms with E-state index in [1.54, 1.807) is 12.0 Å². The van der Waals surface area contributed by atoms with Crippen LogP contribution in [-0.4, -0.2) is 43.2 Å². The third kappa shape index (κ3) is 7.28. The largest absolute Gasteiger partial charge is 0.497 e. The summed E-state index contributed by atoms with van der Waals surface area (Å²) in [5.41, 5.74) is 2.87. The molecule has 7 nitrogen and oxygen atoms in total. The van der Waals surface area contributed by atoms with E-state index in [4.69, 9.17) is 14.2 Å². The number of amides is 2. The lowest BCUT2D eigenvalue weighted by molar-refractivity contribution is -0.141. The van der Waals surface area contributed by atoms with Crippen molar-refractivity contribution in [2.45, 2.75) is 45.7 Å². The van der Waals surface area contributed by atoms with Gasteiger partial charge in [0.25, 0.3) is 0 Å². The number of carbonyl (C=O) groups is 2. The van der Waals surface area contributed by atoms with Gasteiger partial charge in [-0.25, -0.2) is 0 Å². The number of hydrogen-bond acceptors (Lipinski definition) is 5. The molecule has 200 valence electrons. The summed E-state index contributed by atoms with van der Waals surface area (Å²) in [6, 6.07) is 22.5. The maximum Gasteiger partial charge on any atom is 0.243 e. The molecule has 1 heterocycles. The first kappa shape index (κ1) is 27.0. The van der Waals surface area contributed by atoms with Crippen LogP contribution < -0.4 is 19.5 Å². The topological polar surface area (TPSA) is 77.1 Å². The van der Waals surface area contributed by atoms with Crippen molar-refractivity contribution in [3.63, 3.8) is 0 Å². The number of hydrogen-bond donors (Lipinski definition) is 1. The number of ether oxygens (including phenoxy) is 3. The zero-order chi connectivity index (χ0) is 26.9. The summed E-state index contributed by atoms with van der Waals surface area (Å²) in [4.78, 5) is 29.1. The van der Waals surface area contributed by atoms with Crippen LogP contribution in [0.4, 0.5) is 0 Å². The van der Waals surface area contributed by atoms with Gasteiger partial charge in [0, 0.05) is 25.9 Å². The molecule has 1 atom stereocenters. The molecule has 1 aliphatic rings. The van der Waals surface area contributed by atoms with Gasteiger partial charge in [0.15, 0.2) is 11.5 Å². The first-order chi connectivity index (χ1) is 18.4. The highest BCUT2D eigenvalue weighted by Gasteiger charge is 2.30. The zero-order valence-electron chi connectivity index (χ0n) is 22.3. The fourth-order valence-corrected chi connectivity index (χ4v) is 4.44. The van der Waals surface area contributed by atoms with E-state index in [9.17, 15) is 9.59 Å². The van der Waals surface area contributed by atoms with Crippen LogP contribution in [0.15, 0.2) is 72.8 Å². The summed E-state index contributed by atoms with van der Waals surface area (Å²) in [7, 11) is 1.62. The lowest BCUT2D eigenvalue weighted by Gasteiger charge is -2.32. The molecule has 0 saturated carbocycles. The third-order valence-corrected chi connectivity index (χ3v) is 6.51. The third-order valence-electron chi connectivity index (χ3n) is 6.51. The van der Waals surface area contributed by atoms with Gasteiger partial charge in [-0.2, -0.15) is 0 Å². The van der Waals surface area contributed by atoms with Crippen LogP contribution in [-0.2, 0) is 29.0 Å². The highest BCUT2D eigenvalue weighted by atomic mass is 16.7. The zero-order valence-corrected chi connectivity index (χ0v) is 22.3. The summed E-state index contributed by atoms with van der Waals surface area (Å²) in [6.45, 7) is 5.15. The molecule has 0 spiro atoms. The van der Waals surface area contributed by atoms with E-state index in [0.717, 1.165) is 16.7 Å². The minimum atomic E-state index is -0.661. The molecule has 0 aliphatic carbocycles. The summed E-state index contributed by atoms with van der Waals surface area (Å²) in [5, 5.41) is 3.06. The van der Waals surface area contributed by atoms with Crippen molar-refractivity contribution in [3.8, 4) is 17.2 Å². The molecular weight excluding hydrogens is 480 g/mol. The van der Waals surface area contributed by atoms with Crippen LogP contribution in [0.1, 0.15) is 37.0 Å². The van der Waals surface area contributed by atoms with E-state index in [2.05, 4.69) is 19.2 Å². The Hall–Kier alpha value is -4.00. The lowest BCUT2D eigenvalue weighted by Crippen LogP contribution is -2.51. The molecule has 0 bridgehead atoms. The molecule has 2 amide bonds. The predicted octanol–water partition coefficient (Wildman–Crippen LogP) is 4.77. The Balaban J connectivity index is 1.60. The number of carbonyl (C=O) groups excluding carboxylic acids is 2. The Bertz CT molecular complexity index is 1230.